The third kappa shape index (κ3) is 8.17. The second kappa shape index (κ2) is 12.8. The Morgan fingerprint density at radius 3 is 2.29 bits per heavy atom. The van der Waals surface area contributed by atoms with Gasteiger partial charge in [-0.25, -0.2) is 0 Å². The van der Waals surface area contributed by atoms with E-state index in [4.69, 9.17) is 26.8 Å². The van der Waals surface area contributed by atoms with Crippen LogP contribution in [0.1, 0.15) is 37.7 Å². The van der Waals surface area contributed by atoms with E-state index in [9.17, 15) is 14.4 Å². The highest BCUT2D eigenvalue weighted by Gasteiger charge is 2.27. The van der Waals surface area contributed by atoms with Crippen LogP contribution in [-0.2, 0) is 25.5 Å². The highest BCUT2D eigenvalue weighted by atomic mass is 35.5. The molecule has 28 heavy (non-hydrogen) atoms. The van der Waals surface area contributed by atoms with Crippen molar-refractivity contribution in [3.8, 4) is 5.75 Å². The zero-order chi connectivity index (χ0) is 19.6. The highest BCUT2D eigenvalue weighted by Crippen LogP contribution is 2.29. The number of rotatable bonds is 9. The van der Waals surface area contributed by atoms with Crippen LogP contribution in [0.25, 0.3) is 0 Å². The van der Waals surface area contributed by atoms with Gasteiger partial charge in [-0.1, -0.05) is 12.1 Å². The Balaban J connectivity index is 0.00000392. The van der Waals surface area contributed by atoms with Crippen LogP contribution >= 0.6 is 24.0 Å². The average Bonchev–Trinajstić information content (AvgIpc) is 2.71. The summed E-state index contributed by atoms with van der Waals surface area (Å²) in [5.74, 6) is -0.163. The first-order valence-corrected chi connectivity index (χ1v) is 9.79. The number of hydrogen-bond donors (Lipinski definition) is 1. The summed E-state index contributed by atoms with van der Waals surface area (Å²) in [4.78, 5) is 34.8. The van der Waals surface area contributed by atoms with Gasteiger partial charge in [0.2, 0.25) is 0 Å². The number of alkyl halides is 1. The summed E-state index contributed by atoms with van der Waals surface area (Å²) in [5, 5.41) is 0. The maximum atomic E-state index is 12.3. The first-order valence-electron chi connectivity index (χ1n) is 9.25. The normalized spacial score (nSPS) is 18.6. The molecule has 156 valence electrons. The first-order chi connectivity index (χ1) is 13.0. The molecule has 0 radical (unpaired) electrons. The number of hydrogen-bond acceptors (Lipinski definition) is 6. The lowest BCUT2D eigenvalue weighted by Crippen LogP contribution is -2.28. The molecule has 1 aromatic carbocycles. The Hall–Kier alpha value is -1.63. The molecule has 0 unspecified atom stereocenters. The molecule has 2 rings (SSSR count). The lowest BCUT2D eigenvalue weighted by Gasteiger charge is -2.26. The highest BCUT2D eigenvalue weighted by molar-refractivity contribution is 6.27. The maximum absolute atomic E-state index is 12.3. The number of halogens is 2. The summed E-state index contributed by atoms with van der Waals surface area (Å²) < 4.78 is 10.3. The van der Waals surface area contributed by atoms with E-state index in [2.05, 4.69) is 0 Å². The number of esters is 2. The van der Waals surface area contributed by atoms with Gasteiger partial charge >= 0.3 is 11.9 Å². The van der Waals surface area contributed by atoms with Gasteiger partial charge in [-0.3, -0.25) is 14.4 Å². The van der Waals surface area contributed by atoms with Crippen molar-refractivity contribution in [2.45, 2.75) is 38.5 Å². The number of nitrogens with two attached hydrogens (primary N) is 1. The molecule has 0 aliphatic heterocycles. The summed E-state index contributed by atoms with van der Waals surface area (Å²) in [6.07, 6.45) is 4.24. The van der Waals surface area contributed by atoms with Crippen LogP contribution in [0, 0.1) is 11.8 Å². The molecule has 1 fully saturated rings. The SMILES string of the molecule is Cl.NCC1CCC(C(=O)Oc2ccc(CCC(=O)OCC(=O)CCl)cc2)CC1. The molecule has 0 spiro atoms. The minimum Gasteiger partial charge on any atom is -0.458 e. The third-order valence-electron chi connectivity index (χ3n) is 4.82. The molecule has 0 amide bonds. The monoisotopic (exact) mass is 431 g/mol. The zero-order valence-electron chi connectivity index (χ0n) is 15.7. The summed E-state index contributed by atoms with van der Waals surface area (Å²) in [7, 11) is 0. The average molecular weight is 432 g/mol. The van der Waals surface area contributed by atoms with E-state index >= 15 is 0 Å². The van der Waals surface area contributed by atoms with Crippen LogP contribution in [0.5, 0.6) is 5.75 Å². The molecule has 0 heterocycles. The van der Waals surface area contributed by atoms with Crippen LogP contribution in [0.15, 0.2) is 24.3 Å². The van der Waals surface area contributed by atoms with E-state index < -0.39 is 5.97 Å². The van der Waals surface area contributed by atoms with Gasteiger partial charge in [0.25, 0.3) is 0 Å². The Bertz CT molecular complexity index is 643. The van der Waals surface area contributed by atoms with E-state index in [1.54, 1.807) is 12.1 Å². The molecular weight excluding hydrogens is 405 g/mol. The number of Topliss-reactive ketones (excluding diaryl/α,β-unsaturated/α-hetero) is 1. The van der Waals surface area contributed by atoms with Crippen molar-refractivity contribution in [1.82, 2.24) is 0 Å². The molecule has 1 aromatic rings. The van der Waals surface area contributed by atoms with Crippen molar-refractivity contribution in [3.63, 3.8) is 0 Å². The van der Waals surface area contributed by atoms with E-state index in [1.165, 1.54) is 0 Å². The Morgan fingerprint density at radius 2 is 1.71 bits per heavy atom. The minimum absolute atomic E-state index is 0. The van der Waals surface area contributed by atoms with Crippen molar-refractivity contribution in [2.75, 3.05) is 19.0 Å². The lowest BCUT2D eigenvalue weighted by atomic mass is 9.82. The van der Waals surface area contributed by atoms with E-state index in [0.717, 1.165) is 31.2 Å². The summed E-state index contributed by atoms with van der Waals surface area (Å²) >= 11 is 5.34. The fraction of sp³-hybridized carbons (Fsp3) is 0.550. The molecule has 0 atom stereocenters. The van der Waals surface area contributed by atoms with Gasteiger partial charge in [-0.2, -0.15) is 0 Å². The summed E-state index contributed by atoms with van der Waals surface area (Å²) in [6, 6.07) is 7.07. The number of ketones is 1. The first kappa shape index (κ1) is 24.4. The Labute approximate surface area is 176 Å². The number of carbonyl (C=O) groups is 3. The van der Waals surface area contributed by atoms with Gasteiger partial charge in [0.1, 0.15) is 5.75 Å². The number of ether oxygens (including phenoxy) is 2. The van der Waals surface area contributed by atoms with Gasteiger partial charge in [0.15, 0.2) is 12.4 Å². The van der Waals surface area contributed by atoms with Gasteiger partial charge in [0.05, 0.1) is 11.8 Å². The van der Waals surface area contributed by atoms with E-state index in [1.807, 2.05) is 12.1 Å². The van der Waals surface area contributed by atoms with Gasteiger partial charge in [-0.15, -0.1) is 24.0 Å². The second-order valence-electron chi connectivity index (χ2n) is 6.85. The number of carbonyl (C=O) groups excluding carboxylic acids is 3. The second-order valence-corrected chi connectivity index (χ2v) is 7.12. The van der Waals surface area contributed by atoms with Crippen molar-refractivity contribution in [1.29, 1.82) is 0 Å². The predicted molar refractivity (Wildman–Crippen MR) is 109 cm³/mol. The van der Waals surface area contributed by atoms with Crippen molar-refractivity contribution in [3.05, 3.63) is 29.8 Å². The predicted octanol–water partition coefficient (Wildman–Crippen LogP) is 3.06. The Morgan fingerprint density at radius 1 is 1.07 bits per heavy atom. The standard InChI is InChI=1S/C20H26ClNO5.ClH/c21-11-17(23)13-26-19(24)10-5-14-3-8-18(9-4-14)27-20(25)16-6-1-15(12-22)2-7-16;/h3-4,8-9,15-16H,1-2,5-7,10-13,22H2;1H. The molecule has 6 nitrogen and oxygen atoms in total. The maximum Gasteiger partial charge on any atom is 0.314 e. The molecule has 0 saturated heterocycles. The minimum atomic E-state index is -0.447. The van der Waals surface area contributed by atoms with Crippen LogP contribution in [-0.4, -0.2) is 36.8 Å². The van der Waals surface area contributed by atoms with Crippen LogP contribution < -0.4 is 10.5 Å². The third-order valence-corrected chi connectivity index (χ3v) is 5.11. The van der Waals surface area contributed by atoms with Crippen LogP contribution in [0.2, 0.25) is 0 Å². The van der Waals surface area contributed by atoms with Crippen molar-refractivity contribution < 1.29 is 23.9 Å². The molecule has 0 aromatic heterocycles. The largest absolute Gasteiger partial charge is 0.458 e. The molecule has 0 bridgehead atoms. The number of aryl methyl sites for hydroxylation is 1. The van der Waals surface area contributed by atoms with Gasteiger partial charge < -0.3 is 15.2 Å². The quantitative estimate of drug-likeness (QED) is 0.366. The van der Waals surface area contributed by atoms with Gasteiger partial charge in [-0.05, 0) is 62.3 Å². The summed E-state index contributed by atoms with van der Waals surface area (Å²) in [6.45, 7) is 0.393. The molecule has 2 N–H and O–H groups in total. The lowest BCUT2D eigenvalue weighted by molar-refractivity contribution is -0.147. The molecular formula is C20H27Cl2NO5. The Kier molecular flexibility index (Phi) is 11.1. The molecule has 1 aliphatic rings. The zero-order valence-corrected chi connectivity index (χ0v) is 17.3. The topological polar surface area (TPSA) is 95.7 Å². The molecule has 8 heteroatoms. The van der Waals surface area contributed by atoms with Crippen molar-refractivity contribution in [2.24, 2.45) is 17.6 Å². The van der Waals surface area contributed by atoms with Crippen LogP contribution in [0.3, 0.4) is 0 Å². The summed E-state index contributed by atoms with van der Waals surface area (Å²) in [5.41, 5.74) is 6.59. The van der Waals surface area contributed by atoms with E-state index in [-0.39, 0.29) is 49.0 Å². The van der Waals surface area contributed by atoms with Gasteiger partial charge in [0, 0.05) is 6.42 Å². The molecule has 1 saturated carbocycles. The van der Waals surface area contributed by atoms with Crippen LogP contribution in [0.4, 0.5) is 0 Å². The number of benzene rings is 1. The molecule has 1 aliphatic carbocycles. The smallest absolute Gasteiger partial charge is 0.314 e. The fourth-order valence-corrected chi connectivity index (χ4v) is 3.15. The fourth-order valence-electron chi connectivity index (χ4n) is 3.08. The van der Waals surface area contributed by atoms with E-state index in [0.29, 0.717) is 24.6 Å². The van der Waals surface area contributed by atoms with Crippen molar-refractivity contribution >= 4 is 41.7 Å².